The molecule has 25 heavy (non-hydrogen) atoms. The molecule has 0 aliphatic carbocycles. The fourth-order valence-corrected chi connectivity index (χ4v) is 2.78. The van der Waals surface area contributed by atoms with Crippen molar-refractivity contribution in [2.24, 2.45) is 0 Å². The number of halogens is 1. The van der Waals surface area contributed by atoms with Gasteiger partial charge < -0.3 is 0 Å². The quantitative estimate of drug-likeness (QED) is 0.342. The van der Waals surface area contributed by atoms with Gasteiger partial charge in [-0.2, -0.15) is 0 Å². The van der Waals surface area contributed by atoms with Crippen molar-refractivity contribution >= 4 is 22.1 Å². The lowest BCUT2D eigenvalue weighted by Crippen LogP contribution is -2.27. The summed E-state index contributed by atoms with van der Waals surface area (Å²) in [7, 11) is 0. The van der Waals surface area contributed by atoms with E-state index in [1.807, 2.05) is 0 Å². The molecule has 4 aromatic rings. The van der Waals surface area contributed by atoms with Crippen molar-refractivity contribution in [2.75, 3.05) is 0 Å². The van der Waals surface area contributed by atoms with E-state index in [9.17, 15) is 19.3 Å². The second-order valence-corrected chi connectivity index (χ2v) is 5.54. The van der Waals surface area contributed by atoms with E-state index in [0.29, 0.717) is 5.69 Å². The number of H-pyrrole nitrogens is 1. The molecule has 0 atom stereocenters. The highest BCUT2D eigenvalue weighted by molar-refractivity contribution is 5.87. The van der Waals surface area contributed by atoms with Gasteiger partial charge in [-0.1, -0.05) is 16.0 Å². The Kier molecular flexibility index (Phi) is 3.11. The summed E-state index contributed by atoms with van der Waals surface area (Å²) in [6.07, 6.45) is 1.49. The number of para-hydroxylation sites is 1. The number of nitro groups is 1. The average molecular weight is 340 g/mol. The van der Waals surface area contributed by atoms with Gasteiger partial charge in [-0.3, -0.25) is 15.1 Å². The third kappa shape index (κ3) is 2.17. The van der Waals surface area contributed by atoms with Crippen LogP contribution in [0, 0.1) is 22.9 Å². The highest BCUT2D eigenvalue weighted by Gasteiger charge is 2.27. The molecular formula is C16H11FN5O3+. The van der Waals surface area contributed by atoms with Gasteiger partial charge in [-0.25, -0.2) is 9.18 Å². The van der Waals surface area contributed by atoms with E-state index in [2.05, 4.69) is 10.2 Å². The molecule has 8 nitrogen and oxygen atoms in total. The molecule has 0 aliphatic rings. The van der Waals surface area contributed by atoms with Crippen LogP contribution in [0.5, 0.6) is 0 Å². The van der Waals surface area contributed by atoms with Gasteiger partial charge in [0.1, 0.15) is 5.39 Å². The molecule has 0 radical (unpaired) electrons. The second kappa shape index (κ2) is 5.20. The molecule has 1 N–H and O–H groups in total. The van der Waals surface area contributed by atoms with E-state index in [0.717, 1.165) is 16.4 Å². The molecule has 0 bridgehead atoms. The van der Waals surface area contributed by atoms with Crippen LogP contribution in [0.15, 0.2) is 47.4 Å². The molecule has 0 unspecified atom stereocenters. The van der Waals surface area contributed by atoms with Crippen molar-refractivity contribution in [1.29, 1.82) is 0 Å². The molecule has 3 heterocycles. The van der Waals surface area contributed by atoms with Crippen LogP contribution >= 0.6 is 0 Å². The van der Waals surface area contributed by atoms with Crippen LogP contribution in [0.3, 0.4) is 0 Å². The molecule has 0 aliphatic heterocycles. The number of nitrogens with one attached hydrogen (secondary N) is 1. The predicted octanol–water partition coefficient (Wildman–Crippen LogP) is 1.81. The summed E-state index contributed by atoms with van der Waals surface area (Å²) >= 11 is 0. The van der Waals surface area contributed by atoms with Gasteiger partial charge >= 0.3 is 5.56 Å². The van der Waals surface area contributed by atoms with Crippen molar-refractivity contribution < 1.29 is 13.8 Å². The number of benzene rings is 1. The van der Waals surface area contributed by atoms with Crippen LogP contribution in [-0.2, 0) is 0 Å². The minimum Gasteiger partial charge on any atom is -0.258 e. The average Bonchev–Trinajstić information content (AvgIpc) is 2.91. The lowest BCUT2D eigenvalue weighted by Gasteiger charge is -1.99. The molecule has 9 heteroatoms. The van der Waals surface area contributed by atoms with Crippen LogP contribution in [0.1, 0.15) is 5.69 Å². The van der Waals surface area contributed by atoms with Crippen LogP contribution in [0.4, 0.5) is 10.1 Å². The van der Waals surface area contributed by atoms with Crippen molar-refractivity contribution in [3.63, 3.8) is 0 Å². The van der Waals surface area contributed by atoms with Crippen molar-refractivity contribution in [2.45, 2.75) is 6.92 Å². The zero-order valence-electron chi connectivity index (χ0n) is 12.9. The monoisotopic (exact) mass is 340 g/mol. The highest BCUT2D eigenvalue weighted by atomic mass is 19.1. The minimum atomic E-state index is -0.674. The minimum absolute atomic E-state index is 0.0372. The molecule has 4 rings (SSSR count). The fraction of sp³-hybridized carbons (Fsp3) is 0.0625. The summed E-state index contributed by atoms with van der Waals surface area (Å²) in [6, 6.07) is 8.54. The molecule has 3 aromatic heterocycles. The van der Waals surface area contributed by atoms with Crippen LogP contribution in [0.2, 0.25) is 0 Å². The SMILES string of the molecule is Cc1ccc(-n2[nH][n+]3c(cc([N+](=O)[O-])c4cccc(F)c43)c2=O)cn1. The van der Waals surface area contributed by atoms with Gasteiger partial charge in [-0.15, -0.1) is 4.52 Å². The van der Waals surface area contributed by atoms with E-state index in [-0.39, 0.29) is 22.1 Å². The van der Waals surface area contributed by atoms with Crippen molar-refractivity contribution in [3.8, 4) is 5.69 Å². The standard InChI is InChI=1S/C16H10FN5O3/c1-9-5-6-10(8-18-9)20-16(23)14-7-13(22(24)25)11-3-2-4-12(17)15(11)21(14)19-20/h2-8H,1H3/p+1. The Labute approximate surface area is 138 Å². The van der Waals surface area contributed by atoms with Crippen molar-refractivity contribution in [1.82, 2.24) is 14.9 Å². The Morgan fingerprint density at radius 3 is 2.80 bits per heavy atom. The number of fused-ring (bicyclic) bond motifs is 3. The lowest BCUT2D eigenvalue weighted by atomic mass is 10.1. The Hall–Kier alpha value is -3.62. The maximum absolute atomic E-state index is 14.4. The first-order valence-corrected chi connectivity index (χ1v) is 7.33. The fourth-order valence-electron chi connectivity index (χ4n) is 2.78. The molecule has 124 valence electrons. The molecule has 0 saturated carbocycles. The molecule has 0 saturated heterocycles. The van der Waals surface area contributed by atoms with Gasteiger partial charge in [0.2, 0.25) is 5.52 Å². The second-order valence-electron chi connectivity index (χ2n) is 5.54. The van der Waals surface area contributed by atoms with Crippen LogP contribution in [0.25, 0.3) is 22.1 Å². The van der Waals surface area contributed by atoms with E-state index in [1.165, 1.54) is 28.9 Å². The van der Waals surface area contributed by atoms with Gasteiger partial charge in [0.15, 0.2) is 11.5 Å². The van der Waals surface area contributed by atoms with Crippen molar-refractivity contribution in [3.05, 3.63) is 74.6 Å². The van der Waals surface area contributed by atoms with E-state index < -0.39 is 16.3 Å². The molecule has 0 amide bonds. The number of hydrogen-bond acceptors (Lipinski definition) is 4. The number of nitrogens with zero attached hydrogens (tertiary/aromatic N) is 4. The molecule has 1 aromatic carbocycles. The lowest BCUT2D eigenvalue weighted by molar-refractivity contribution is -0.557. The number of aromatic nitrogens is 4. The largest absolute Gasteiger partial charge is 0.406 e. The third-order valence-electron chi connectivity index (χ3n) is 3.97. The van der Waals surface area contributed by atoms with Gasteiger partial charge in [-0.05, 0) is 31.2 Å². The third-order valence-corrected chi connectivity index (χ3v) is 3.97. The molecule has 0 fully saturated rings. The zero-order chi connectivity index (χ0) is 17.7. The Balaban J connectivity index is 2.16. The number of aromatic amines is 1. The summed E-state index contributed by atoms with van der Waals surface area (Å²) < 4.78 is 16.7. The Morgan fingerprint density at radius 1 is 1.32 bits per heavy atom. The summed E-state index contributed by atoms with van der Waals surface area (Å²) in [4.78, 5) is 27.5. The normalized spacial score (nSPS) is 11.3. The van der Waals surface area contributed by atoms with Gasteiger partial charge in [0, 0.05) is 5.69 Å². The van der Waals surface area contributed by atoms with E-state index in [1.54, 1.807) is 19.1 Å². The number of rotatable bonds is 2. The van der Waals surface area contributed by atoms with E-state index in [4.69, 9.17) is 0 Å². The maximum atomic E-state index is 14.4. The number of hydrogen-bond donors (Lipinski definition) is 1. The predicted molar refractivity (Wildman–Crippen MR) is 86.2 cm³/mol. The molecular weight excluding hydrogens is 329 g/mol. The summed E-state index contributed by atoms with van der Waals surface area (Å²) in [6.45, 7) is 1.80. The summed E-state index contributed by atoms with van der Waals surface area (Å²) in [5, 5.41) is 14.2. The number of pyridine rings is 2. The highest BCUT2D eigenvalue weighted by Crippen LogP contribution is 2.25. The summed E-state index contributed by atoms with van der Waals surface area (Å²) in [5.41, 5.74) is 0.227. The maximum Gasteiger partial charge on any atom is 0.406 e. The smallest absolute Gasteiger partial charge is 0.258 e. The molecule has 0 spiro atoms. The number of aryl methyl sites for hydroxylation is 1. The van der Waals surface area contributed by atoms with Crippen LogP contribution < -0.4 is 10.1 Å². The van der Waals surface area contributed by atoms with E-state index >= 15 is 0 Å². The van der Waals surface area contributed by atoms with Gasteiger partial charge in [0.25, 0.3) is 11.2 Å². The first-order valence-electron chi connectivity index (χ1n) is 7.33. The summed E-state index contributed by atoms with van der Waals surface area (Å²) in [5.74, 6) is -0.674. The topological polar surface area (TPSA) is 97.9 Å². The van der Waals surface area contributed by atoms with Gasteiger partial charge in [0.05, 0.1) is 17.2 Å². The zero-order valence-corrected chi connectivity index (χ0v) is 12.9. The first-order chi connectivity index (χ1) is 12.0. The Bertz CT molecular complexity index is 1210. The van der Waals surface area contributed by atoms with Crippen LogP contribution in [-0.4, -0.2) is 19.8 Å². The first kappa shape index (κ1) is 14.9. The Morgan fingerprint density at radius 2 is 2.12 bits per heavy atom.